The maximum atomic E-state index is 13.6. The largest absolute Gasteiger partial charge is 0.508 e. The molecule has 2 N–H and O–H groups in total. The van der Waals surface area contributed by atoms with Gasteiger partial charge in [0.1, 0.15) is 11.6 Å². The number of nitrogens with one attached hydrogen (secondary N) is 1. The molecule has 94 valence electrons. The molecule has 0 bridgehead atoms. The number of phenols is 1. The van der Waals surface area contributed by atoms with Crippen LogP contribution in [0.1, 0.15) is 11.1 Å². The zero-order valence-electron chi connectivity index (χ0n) is 9.87. The molecule has 2 nitrogen and oxygen atoms in total. The summed E-state index contributed by atoms with van der Waals surface area (Å²) >= 11 is 3.33. The van der Waals surface area contributed by atoms with E-state index in [1.807, 2.05) is 13.0 Å². The van der Waals surface area contributed by atoms with Gasteiger partial charge in [0.25, 0.3) is 0 Å². The zero-order chi connectivity index (χ0) is 13.1. The number of anilines is 1. The van der Waals surface area contributed by atoms with Gasteiger partial charge in [-0.2, -0.15) is 0 Å². The first-order chi connectivity index (χ1) is 8.56. The topological polar surface area (TPSA) is 32.3 Å². The van der Waals surface area contributed by atoms with Crippen molar-refractivity contribution >= 4 is 21.6 Å². The predicted octanol–water partition coefficient (Wildman–Crippen LogP) is 4.21. The predicted molar refractivity (Wildman–Crippen MR) is 74.3 cm³/mol. The molecule has 0 heterocycles. The molecule has 0 saturated carbocycles. The van der Waals surface area contributed by atoms with E-state index in [4.69, 9.17) is 0 Å². The van der Waals surface area contributed by atoms with Crippen molar-refractivity contribution in [2.24, 2.45) is 0 Å². The fourth-order valence-electron chi connectivity index (χ4n) is 1.65. The fraction of sp³-hybridized carbons (Fsp3) is 0.143. The van der Waals surface area contributed by atoms with Gasteiger partial charge in [-0.15, -0.1) is 0 Å². The molecule has 0 aromatic heterocycles. The molecule has 0 aliphatic rings. The average Bonchev–Trinajstić information content (AvgIpc) is 2.32. The second kappa shape index (κ2) is 5.40. The molecule has 0 spiro atoms. The highest BCUT2D eigenvalue weighted by atomic mass is 79.9. The van der Waals surface area contributed by atoms with E-state index < -0.39 is 0 Å². The number of phenolic OH excluding ortho intramolecular Hbond substituents is 1. The maximum absolute atomic E-state index is 13.6. The van der Waals surface area contributed by atoms with E-state index in [2.05, 4.69) is 21.2 Å². The quantitative estimate of drug-likeness (QED) is 0.890. The van der Waals surface area contributed by atoms with Crippen LogP contribution in [0.25, 0.3) is 0 Å². The number of benzene rings is 2. The number of aromatic hydroxyl groups is 1. The summed E-state index contributed by atoms with van der Waals surface area (Å²) in [6, 6.07) is 10.2. The Morgan fingerprint density at radius 1 is 1.22 bits per heavy atom. The lowest BCUT2D eigenvalue weighted by molar-refractivity contribution is 0.469. The number of hydrogen-bond donors (Lipinski definition) is 2. The molecule has 2 aromatic rings. The molecule has 0 aliphatic carbocycles. The Hall–Kier alpha value is -1.55. The molecule has 0 amide bonds. The minimum absolute atomic E-state index is 0.193. The van der Waals surface area contributed by atoms with Crippen molar-refractivity contribution in [3.05, 3.63) is 57.8 Å². The molecule has 0 aliphatic heterocycles. The van der Waals surface area contributed by atoms with Crippen molar-refractivity contribution in [3.63, 3.8) is 0 Å². The molecule has 0 atom stereocenters. The van der Waals surface area contributed by atoms with Gasteiger partial charge in [0.15, 0.2) is 0 Å². The fourth-order valence-corrected chi connectivity index (χ4v) is 2.06. The normalized spacial score (nSPS) is 10.4. The lowest BCUT2D eigenvalue weighted by atomic mass is 10.2. The van der Waals surface area contributed by atoms with Crippen LogP contribution >= 0.6 is 15.9 Å². The van der Waals surface area contributed by atoms with Crippen molar-refractivity contribution in [2.45, 2.75) is 13.5 Å². The lowest BCUT2D eigenvalue weighted by Crippen LogP contribution is -2.02. The molecular weight excluding hydrogens is 297 g/mol. The highest BCUT2D eigenvalue weighted by molar-refractivity contribution is 9.10. The van der Waals surface area contributed by atoms with E-state index in [0.29, 0.717) is 17.8 Å². The molecule has 0 fully saturated rings. The minimum Gasteiger partial charge on any atom is -0.508 e. The van der Waals surface area contributed by atoms with Crippen molar-refractivity contribution in [2.75, 3.05) is 5.32 Å². The van der Waals surface area contributed by atoms with Crippen molar-refractivity contribution in [1.82, 2.24) is 0 Å². The Kier molecular flexibility index (Phi) is 3.87. The Bertz CT molecular complexity index is 572. The van der Waals surface area contributed by atoms with Gasteiger partial charge < -0.3 is 10.4 Å². The van der Waals surface area contributed by atoms with Gasteiger partial charge in [-0.25, -0.2) is 4.39 Å². The second-order valence-corrected chi connectivity index (χ2v) is 5.03. The average molecular weight is 310 g/mol. The maximum Gasteiger partial charge on any atom is 0.146 e. The summed E-state index contributed by atoms with van der Waals surface area (Å²) in [6.07, 6.45) is 0. The molecule has 18 heavy (non-hydrogen) atoms. The molecule has 4 heteroatoms. The first kappa shape index (κ1) is 12.9. The summed E-state index contributed by atoms with van der Waals surface area (Å²) in [4.78, 5) is 0. The van der Waals surface area contributed by atoms with Crippen molar-refractivity contribution < 1.29 is 9.50 Å². The smallest absolute Gasteiger partial charge is 0.146 e. The Morgan fingerprint density at radius 2 is 2.00 bits per heavy atom. The van der Waals surface area contributed by atoms with Crippen molar-refractivity contribution in [3.8, 4) is 5.75 Å². The third-order valence-corrected chi connectivity index (χ3v) is 3.13. The standard InChI is InChI=1S/C14H13BrFNO/c1-9-2-4-13(12(16)6-9)17-8-10-7-11(15)3-5-14(10)18/h2-7,17-18H,8H2,1H3. The van der Waals surface area contributed by atoms with E-state index in [1.165, 1.54) is 6.07 Å². The monoisotopic (exact) mass is 309 g/mol. The Morgan fingerprint density at radius 3 is 2.72 bits per heavy atom. The van der Waals surface area contributed by atoms with Gasteiger partial charge in [0, 0.05) is 16.6 Å². The van der Waals surface area contributed by atoms with Gasteiger partial charge in [-0.05, 0) is 42.8 Å². The minimum atomic E-state index is -0.288. The van der Waals surface area contributed by atoms with E-state index in [-0.39, 0.29) is 11.6 Å². The van der Waals surface area contributed by atoms with Crippen LogP contribution in [0, 0.1) is 12.7 Å². The van der Waals surface area contributed by atoms with Crippen LogP contribution in [-0.2, 0) is 6.54 Å². The first-order valence-corrected chi connectivity index (χ1v) is 6.33. The number of halogens is 2. The van der Waals surface area contributed by atoms with Crippen LogP contribution in [0.5, 0.6) is 5.75 Å². The van der Waals surface area contributed by atoms with E-state index in [9.17, 15) is 9.50 Å². The summed E-state index contributed by atoms with van der Waals surface area (Å²) in [7, 11) is 0. The van der Waals surface area contributed by atoms with E-state index in [1.54, 1.807) is 24.3 Å². The van der Waals surface area contributed by atoms with Crippen LogP contribution in [0.3, 0.4) is 0 Å². The Labute approximate surface area is 114 Å². The summed E-state index contributed by atoms with van der Waals surface area (Å²) in [5, 5.41) is 12.6. The van der Waals surface area contributed by atoms with Crippen LogP contribution in [-0.4, -0.2) is 5.11 Å². The third-order valence-electron chi connectivity index (χ3n) is 2.64. The highest BCUT2D eigenvalue weighted by Crippen LogP contribution is 2.23. The summed E-state index contributed by atoms with van der Waals surface area (Å²) in [6.45, 7) is 2.21. The van der Waals surface area contributed by atoms with Gasteiger partial charge in [0.2, 0.25) is 0 Å². The summed E-state index contributed by atoms with van der Waals surface area (Å²) in [5.74, 6) is -0.0947. The van der Waals surface area contributed by atoms with Gasteiger partial charge >= 0.3 is 0 Å². The van der Waals surface area contributed by atoms with Gasteiger partial charge in [-0.1, -0.05) is 22.0 Å². The molecule has 2 rings (SSSR count). The first-order valence-electron chi connectivity index (χ1n) is 5.53. The van der Waals surface area contributed by atoms with Crippen LogP contribution < -0.4 is 5.32 Å². The molecule has 0 radical (unpaired) electrons. The van der Waals surface area contributed by atoms with E-state index in [0.717, 1.165) is 10.0 Å². The Balaban J connectivity index is 2.13. The van der Waals surface area contributed by atoms with Crippen molar-refractivity contribution in [1.29, 1.82) is 0 Å². The third kappa shape index (κ3) is 3.01. The van der Waals surface area contributed by atoms with Crippen LogP contribution in [0.4, 0.5) is 10.1 Å². The lowest BCUT2D eigenvalue weighted by Gasteiger charge is -2.10. The number of aryl methyl sites for hydroxylation is 1. The van der Waals surface area contributed by atoms with E-state index >= 15 is 0 Å². The zero-order valence-corrected chi connectivity index (χ0v) is 11.5. The van der Waals surface area contributed by atoms with Crippen LogP contribution in [0.15, 0.2) is 40.9 Å². The number of rotatable bonds is 3. The number of hydrogen-bond acceptors (Lipinski definition) is 2. The summed E-state index contributed by atoms with van der Waals surface area (Å²) < 4.78 is 14.5. The second-order valence-electron chi connectivity index (χ2n) is 4.11. The molecule has 0 unspecified atom stereocenters. The highest BCUT2D eigenvalue weighted by Gasteiger charge is 2.05. The molecule has 0 saturated heterocycles. The van der Waals surface area contributed by atoms with Gasteiger partial charge in [-0.3, -0.25) is 0 Å². The molecular formula is C14H13BrFNO. The van der Waals surface area contributed by atoms with Crippen LogP contribution in [0.2, 0.25) is 0 Å². The molecule has 2 aromatic carbocycles. The SMILES string of the molecule is Cc1ccc(NCc2cc(Br)ccc2O)c(F)c1. The van der Waals surface area contributed by atoms with Gasteiger partial charge in [0.05, 0.1) is 5.69 Å². The summed E-state index contributed by atoms with van der Waals surface area (Å²) in [5.41, 5.74) is 2.02.